The zero-order valence-electron chi connectivity index (χ0n) is 16.1. The molecular weight excluding hydrogens is 404 g/mol. The van der Waals surface area contributed by atoms with Gasteiger partial charge in [-0.2, -0.15) is 4.31 Å². The van der Waals surface area contributed by atoms with Crippen LogP contribution in [0.25, 0.3) is 10.4 Å². The highest BCUT2D eigenvalue weighted by Gasteiger charge is 2.28. The summed E-state index contributed by atoms with van der Waals surface area (Å²) in [5, 5.41) is 2.89. The van der Waals surface area contributed by atoms with E-state index in [4.69, 9.17) is 0 Å². The lowest BCUT2D eigenvalue weighted by Crippen LogP contribution is -2.27. The normalized spacial score (nSPS) is 14.8. The maximum atomic E-state index is 12.7. The Hall–Kier alpha value is -2.48. The van der Waals surface area contributed by atoms with Crippen LogP contribution in [-0.4, -0.2) is 31.7 Å². The number of sulfonamides is 1. The molecule has 5 nitrogen and oxygen atoms in total. The molecule has 7 heteroatoms. The number of amides is 1. The SMILES string of the molecule is Cc1cccc(NC(=O)c2ccc(-c3ccc(S(=O)(=O)N4CCCC4)s3)cc2)c1. The summed E-state index contributed by atoms with van der Waals surface area (Å²) in [4.78, 5) is 13.3. The number of benzene rings is 2. The molecule has 4 rings (SSSR count). The van der Waals surface area contributed by atoms with Crippen LogP contribution in [0.2, 0.25) is 0 Å². The quantitative estimate of drug-likeness (QED) is 0.640. The highest BCUT2D eigenvalue weighted by Crippen LogP contribution is 2.33. The van der Waals surface area contributed by atoms with Crippen molar-refractivity contribution in [3.63, 3.8) is 0 Å². The topological polar surface area (TPSA) is 66.5 Å². The van der Waals surface area contributed by atoms with Gasteiger partial charge >= 0.3 is 0 Å². The Bertz CT molecular complexity index is 1130. The number of nitrogens with zero attached hydrogens (tertiary/aromatic N) is 1. The Balaban J connectivity index is 1.49. The number of anilines is 1. The fourth-order valence-electron chi connectivity index (χ4n) is 3.38. The molecule has 0 unspecified atom stereocenters. The third-order valence-electron chi connectivity index (χ3n) is 4.95. The minimum absolute atomic E-state index is 0.175. The molecule has 0 saturated carbocycles. The van der Waals surface area contributed by atoms with Gasteiger partial charge in [-0.05, 0) is 67.3 Å². The summed E-state index contributed by atoms with van der Waals surface area (Å²) in [6.45, 7) is 3.17. The fraction of sp³-hybridized carbons (Fsp3) is 0.227. The van der Waals surface area contributed by atoms with E-state index < -0.39 is 10.0 Å². The first-order valence-corrected chi connectivity index (χ1v) is 11.8. The Morgan fingerprint density at radius 2 is 1.72 bits per heavy atom. The van der Waals surface area contributed by atoms with E-state index in [1.54, 1.807) is 22.5 Å². The average Bonchev–Trinajstić information content (AvgIpc) is 3.41. The molecule has 1 aliphatic heterocycles. The first-order chi connectivity index (χ1) is 13.9. The number of carbonyl (C=O) groups excluding carboxylic acids is 1. The third-order valence-corrected chi connectivity index (χ3v) is 8.45. The summed E-state index contributed by atoms with van der Waals surface area (Å²) in [6.07, 6.45) is 1.84. The van der Waals surface area contributed by atoms with E-state index in [1.807, 2.05) is 49.4 Å². The molecule has 2 aromatic carbocycles. The van der Waals surface area contributed by atoms with Gasteiger partial charge in [0.2, 0.25) is 0 Å². The van der Waals surface area contributed by atoms with Crippen LogP contribution in [0.4, 0.5) is 5.69 Å². The molecule has 0 bridgehead atoms. The Kier molecular flexibility index (Phi) is 5.54. The summed E-state index contributed by atoms with van der Waals surface area (Å²) in [7, 11) is -3.40. The molecule has 0 aliphatic carbocycles. The molecule has 0 spiro atoms. The number of hydrogen-bond donors (Lipinski definition) is 1. The van der Waals surface area contributed by atoms with Crippen LogP contribution in [0.15, 0.2) is 64.9 Å². The Morgan fingerprint density at radius 3 is 2.41 bits per heavy atom. The average molecular weight is 427 g/mol. The summed E-state index contributed by atoms with van der Waals surface area (Å²) in [5.41, 5.74) is 3.28. The number of hydrogen-bond acceptors (Lipinski definition) is 4. The molecule has 1 aliphatic rings. The molecule has 150 valence electrons. The van der Waals surface area contributed by atoms with Crippen LogP contribution in [0, 0.1) is 6.92 Å². The second-order valence-corrected chi connectivity index (χ2v) is 10.4. The summed E-state index contributed by atoms with van der Waals surface area (Å²) in [5.74, 6) is -0.175. The summed E-state index contributed by atoms with van der Waals surface area (Å²) < 4.78 is 27.3. The van der Waals surface area contributed by atoms with Crippen molar-refractivity contribution in [2.45, 2.75) is 24.0 Å². The van der Waals surface area contributed by atoms with Gasteiger partial charge in [0.15, 0.2) is 0 Å². The predicted molar refractivity (Wildman–Crippen MR) is 117 cm³/mol. The number of thiophene rings is 1. The van der Waals surface area contributed by atoms with Crippen molar-refractivity contribution in [2.75, 3.05) is 18.4 Å². The van der Waals surface area contributed by atoms with Crippen molar-refractivity contribution < 1.29 is 13.2 Å². The van der Waals surface area contributed by atoms with Crippen molar-refractivity contribution in [1.82, 2.24) is 4.31 Å². The van der Waals surface area contributed by atoms with E-state index >= 15 is 0 Å². The lowest BCUT2D eigenvalue weighted by atomic mass is 10.1. The van der Waals surface area contributed by atoms with Crippen molar-refractivity contribution in [3.05, 3.63) is 71.8 Å². The molecule has 0 atom stereocenters. The van der Waals surface area contributed by atoms with Crippen molar-refractivity contribution in [1.29, 1.82) is 0 Å². The minimum Gasteiger partial charge on any atom is -0.322 e. The van der Waals surface area contributed by atoms with Crippen LogP contribution in [0.5, 0.6) is 0 Å². The van der Waals surface area contributed by atoms with Crippen LogP contribution in [0.3, 0.4) is 0 Å². The molecule has 1 N–H and O–H groups in total. The number of aryl methyl sites for hydroxylation is 1. The van der Waals surface area contributed by atoms with E-state index in [1.165, 1.54) is 11.3 Å². The van der Waals surface area contributed by atoms with Gasteiger partial charge in [0.25, 0.3) is 15.9 Å². The Labute approximate surface area is 175 Å². The van der Waals surface area contributed by atoms with Gasteiger partial charge in [-0.15, -0.1) is 11.3 Å². The first kappa shape index (κ1) is 19.8. The summed E-state index contributed by atoms with van der Waals surface area (Å²) in [6, 6.07) is 18.4. The molecule has 1 saturated heterocycles. The van der Waals surface area contributed by atoms with Crippen LogP contribution >= 0.6 is 11.3 Å². The Morgan fingerprint density at radius 1 is 1.00 bits per heavy atom. The minimum atomic E-state index is -3.40. The van der Waals surface area contributed by atoms with Gasteiger partial charge in [0.1, 0.15) is 4.21 Å². The van der Waals surface area contributed by atoms with Crippen molar-refractivity contribution >= 4 is 33.0 Å². The number of carbonyl (C=O) groups is 1. The van der Waals surface area contributed by atoms with Crippen LogP contribution in [-0.2, 0) is 10.0 Å². The fourth-order valence-corrected chi connectivity index (χ4v) is 6.36. The van der Waals surface area contributed by atoms with Gasteiger partial charge in [0.05, 0.1) is 0 Å². The van der Waals surface area contributed by atoms with Gasteiger partial charge in [-0.3, -0.25) is 4.79 Å². The predicted octanol–water partition coefficient (Wildman–Crippen LogP) is 4.76. The first-order valence-electron chi connectivity index (χ1n) is 9.52. The highest BCUT2D eigenvalue weighted by molar-refractivity contribution is 7.91. The van der Waals surface area contributed by atoms with E-state index in [0.29, 0.717) is 22.9 Å². The second-order valence-electron chi connectivity index (χ2n) is 7.13. The molecule has 3 aromatic rings. The smallest absolute Gasteiger partial charge is 0.255 e. The van der Waals surface area contributed by atoms with Crippen molar-refractivity contribution in [2.24, 2.45) is 0 Å². The van der Waals surface area contributed by atoms with E-state index in [0.717, 1.165) is 34.5 Å². The summed E-state index contributed by atoms with van der Waals surface area (Å²) >= 11 is 1.27. The van der Waals surface area contributed by atoms with E-state index in [-0.39, 0.29) is 5.91 Å². The lowest BCUT2D eigenvalue weighted by molar-refractivity contribution is 0.102. The zero-order valence-corrected chi connectivity index (χ0v) is 17.7. The van der Waals surface area contributed by atoms with Gasteiger partial charge in [-0.1, -0.05) is 24.3 Å². The maximum absolute atomic E-state index is 12.7. The van der Waals surface area contributed by atoms with Gasteiger partial charge in [-0.25, -0.2) is 8.42 Å². The molecule has 1 aromatic heterocycles. The van der Waals surface area contributed by atoms with E-state index in [9.17, 15) is 13.2 Å². The monoisotopic (exact) mass is 426 g/mol. The van der Waals surface area contributed by atoms with Crippen LogP contribution in [0.1, 0.15) is 28.8 Å². The molecule has 0 radical (unpaired) electrons. The number of nitrogens with one attached hydrogen (secondary N) is 1. The second kappa shape index (κ2) is 8.10. The van der Waals surface area contributed by atoms with E-state index in [2.05, 4.69) is 5.32 Å². The molecule has 2 heterocycles. The molecular formula is C22H22N2O3S2. The van der Waals surface area contributed by atoms with Gasteiger partial charge in [0, 0.05) is 29.2 Å². The zero-order chi connectivity index (χ0) is 20.4. The third kappa shape index (κ3) is 4.27. The highest BCUT2D eigenvalue weighted by atomic mass is 32.2. The molecule has 1 fully saturated rings. The molecule has 1 amide bonds. The molecule has 29 heavy (non-hydrogen) atoms. The number of rotatable bonds is 5. The van der Waals surface area contributed by atoms with Gasteiger partial charge < -0.3 is 5.32 Å². The van der Waals surface area contributed by atoms with Crippen LogP contribution < -0.4 is 5.32 Å². The maximum Gasteiger partial charge on any atom is 0.255 e. The lowest BCUT2D eigenvalue weighted by Gasteiger charge is -2.13. The standard InChI is InChI=1S/C22H22N2O3S2/c1-16-5-4-6-19(15-16)23-22(25)18-9-7-17(8-10-18)20-11-12-21(28-20)29(26,27)24-13-2-3-14-24/h4-12,15H,2-3,13-14H2,1H3,(H,23,25). The van der Waals surface area contributed by atoms with Crippen molar-refractivity contribution in [3.8, 4) is 10.4 Å². The largest absolute Gasteiger partial charge is 0.322 e.